The summed E-state index contributed by atoms with van der Waals surface area (Å²) >= 11 is 0. The van der Waals surface area contributed by atoms with Gasteiger partial charge in [0.25, 0.3) is 0 Å². The van der Waals surface area contributed by atoms with Gasteiger partial charge in [-0.25, -0.2) is 4.79 Å². The third-order valence-electron chi connectivity index (χ3n) is 5.51. The summed E-state index contributed by atoms with van der Waals surface area (Å²) in [5.41, 5.74) is 4.67. The first kappa shape index (κ1) is 20.9. The Morgan fingerprint density at radius 3 is 2.23 bits per heavy atom. The van der Waals surface area contributed by atoms with Crippen LogP contribution in [0.4, 0.5) is 0 Å². The minimum Gasteiger partial charge on any atom is -0.491 e. The van der Waals surface area contributed by atoms with Gasteiger partial charge in [0.15, 0.2) is 0 Å². The van der Waals surface area contributed by atoms with Gasteiger partial charge in [0.05, 0.1) is 11.0 Å². The van der Waals surface area contributed by atoms with Crippen molar-refractivity contribution in [2.75, 3.05) is 6.61 Å². The van der Waals surface area contributed by atoms with Gasteiger partial charge in [0, 0.05) is 27.2 Å². The number of aliphatic hydroxyl groups excluding tert-OH is 1. The van der Waals surface area contributed by atoms with Gasteiger partial charge < -0.3 is 15.2 Å². The Bertz CT molecular complexity index is 1210. The number of benzene rings is 3. The Kier molecular flexibility index (Phi) is 6.21. The Morgan fingerprint density at radius 1 is 0.871 bits per heavy atom. The fourth-order valence-electron chi connectivity index (χ4n) is 3.65. The monoisotopic (exact) mass is 417 g/mol. The number of fused-ring (bicyclic) bond motifs is 1. The first-order chi connectivity index (χ1) is 15.0. The topological polar surface area (TPSA) is 68.4 Å². The van der Waals surface area contributed by atoms with E-state index in [1.54, 1.807) is 23.2 Å². The van der Waals surface area contributed by atoms with E-state index in [-0.39, 0.29) is 12.3 Å². The molecule has 0 aliphatic rings. The highest BCUT2D eigenvalue weighted by atomic mass is 16.5. The van der Waals surface area contributed by atoms with E-state index in [1.165, 1.54) is 11.1 Å². The average Bonchev–Trinajstić information content (AvgIpc) is 3.02. The minimum atomic E-state index is -0.785. The molecule has 6 heteroatoms. The first-order valence-electron chi connectivity index (χ1n) is 10.3. The fraction of sp³-hybridized carbons (Fsp3) is 0.240. The van der Waals surface area contributed by atoms with Crippen LogP contribution in [-0.2, 0) is 27.2 Å². The van der Waals surface area contributed by atoms with Crippen molar-refractivity contribution < 1.29 is 9.84 Å². The molecular formula is C25H27N3O3. The lowest BCUT2D eigenvalue weighted by Crippen LogP contribution is -2.19. The zero-order valence-corrected chi connectivity index (χ0v) is 17.8. The van der Waals surface area contributed by atoms with E-state index >= 15 is 0 Å². The molecule has 1 atom stereocenters. The maximum atomic E-state index is 12.1. The maximum Gasteiger partial charge on any atom is 0.328 e. The van der Waals surface area contributed by atoms with Crippen LogP contribution in [0.2, 0.25) is 0 Å². The van der Waals surface area contributed by atoms with Crippen molar-refractivity contribution in [1.82, 2.24) is 14.5 Å². The fourth-order valence-corrected chi connectivity index (χ4v) is 3.65. The van der Waals surface area contributed by atoms with Crippen LogP contribution in [0.5, 0.6) is 5.75 Å². The number of ether oxygens (including phenoxy) is 1. The number of aromatic nitrogens is 2. The Morgan fingerprint density at radius 2 is 1.52 bits per heavy atom. The molecule has 0 saturated carbocycles. The Labute approximate surface area is 181 Å². The number of aryl methyl sites for hydroxylation is 2. The van der Waals surface area contributed by atoms with Crippen molar-refractivity contribution in [2.45, 2.75) is 19.2 Å². The Balaban J connectivity index is 1.32. The predicted molar refractivity (Wildman–Crippen MR) is 122 cm³/mol. The summed E-state index contributed by atoms with van der Waals surface area (Å²) in [4.78, 5) is 12.1. The second kappa shape index (κ2) is 9.20. The number of nitrogens with one attached hydrogen (secondary N) is 1. The molecule has 31 heavy (non-hydrogen) atoms. The molecule has 1 aromatic heterocycles. The van der Waals surface area contributed by atoms with Crippen LogP contribution in [-0.4, -0.2) is 20.8 Å². The molecule has 0 aliphatic heterocycles. The summed E-state index contributed by atoms with van der Waals surface area (Å²) in [5, 5.41) is 14.0. The van der Waals surface area contributed by atoms with E-state index in [2.05, 4.69) is 17.4 Å². The van der Waals surface area contributed by atoms with Crippen molar-refractivity contribution in [3.05, 3.63) is 100.0 Å². The van der Waals surface area contributed by atoms with Crippen molar-refractivity contribution >= 4 is 11.0 Å². The van der Waals surface area contributed by atoms with Crippen molar-refractivity contribution in [3.63, 3.8) is 0 Å². The number of nitrogens with zero attached hydrogens (tertiary/aromatic N) is 2. The van der Waals surface area contributed by atoms with Crippen LogP contribution in [0.15, 0.2) is 77.6 Å². The van der Waals surface area contributed by atoms with E-state index in [9.17, 15) is 9.90 Å². The summed E-state index contributed by atoms with van der Waals surface area (Å²) in [5.74, 6) is 0.707. The summed E-state index contributed by atoms with van der Waals surface area (Å²) in [6.07, 6.45) is -0.785. The lowest BCUT2D eigenvalue weighted by molar-refractivity contribution is 0.108. The molecule has 6 nitrogen and oxygen atoms in total. The van der Waals surface area contributed by atoms with Crippen molar-refractivity contribution in [2.24, 2.45) is 14.1 Å². The molecule has 160 valence electrons. The number of hydrogen-bond acceptors (Lipinski definition) is 4. The molecule has 1 heterocycles. The summed E-state index contributed by atoms with van der Waals surface area (Å²) in [6.45, 7) is 1.73. The second-order valence-electron chi connectivity index (χ2n) is 7.71. The van der Waals surface area contributed by atoms with Gasteiger partial charge in [0.2, 0.25) is 0 Å². The van der Waals surface area contributed by atoms with E-state index in [0.717, 1.165) is 29.7 Å². The molecule has 0 amide bonds. The zero-order valence-electron chi connectivity index (χ0n) is 17.8. The lowest BCUT2D eigenvalue weighted by atomic mass is 10.1. The molecule has 4 aromatic rings. The lowest BCUT2D eigenvalue weighted by Gasteiger charge is -2.14. The maximum absolute atomic E-state index is 12.1. The predicted octanol–water partition coefficient (Wildman–Crippen LogP) is 3.28. The Hall–Kier alpha value is -3.35. The quantitative estimate of drug-likeness (QED) is 0.462. The number of hydrogen-bond donors (Lipinski definition) is 2. The van der Waals surface area contributed by atoms with Crippen molar-refractivity contribution in [1.29, 1.82) is 0 Å². The van der Waals surface area contributed by atoms with Crippen LogP contribution in [0.1, 0.15) is 22.8 Å². The molecular weight excluding hydrogens is 390 g/mol. The van der Waals surface area contributed by atoms with E-state index in [4.69, 9.17) is 4.74 Å². The number of aliphatic hydroxyl groups is 1. The van der Waals surface area contributed by atoms with Gasteiger partial charge in [-0.1, -0.05) is 48.5 Å². The molecule has 1 unspecified atom stereocenters. The molecule has 0 fully saturated rings. The molecule has 0 radical (unpaired) electrons. The number of imidazole rings is 1. The average molecular weight is 418 g/mol. The minimum absolute atomic E-state index is 0.0868. The van der Waals surface area contributed by atoms with Gasteiger partial charge in [-0.3, -0.25) is 9.13 Å². The molecule has 0 aliphatic carbocycles. The molecule has 0 spiro atoms. The van der Waals surface area contributed by atoms with E-state index in [1.807, 2.05) is 60.7 Å². The number of rotatable bonds is 8. The van der Waals surface area contributed by atoms with Gasteiger partial charge >= 0.3 is 5.69 Å². The summed E-state index contributed by atoms with van der Waals surface area (Å²) in [7, 11) is 3.47. The molecule has 3 aromatic carbocycles. The smallest absolute Gasteiger partial charge is 0.328 e. The molecule has 0 saturated heterocycles. The zero-order chi connectivity index (χ0) is 21.8. The van der Waals surface area contributed by atoms with Crippen LogP contribution in [0.3, 0.4) is 0 Å². The van der Waals surface area contributed by atoms with E-state index in [0.29, 0.717) is 5.75 Å². The van der Waals surface area contributed by atoms with Gasteiger partial charge in [-0.15, -0.1) is 0 Å². The first-order valence-corrected chi connectivity index (χ1v) is 10.3. The molecule has 0 bridgehead atoms. The second-order valence-corrected chi connectivity index (χ2v) is 7.71. The largest absolute Gasteiger partial charge is 0.491 e. The normalized spacial score (nSPS) is 12.2. The highest BCUT2D eigenvalue weighted by Gasteiger charge is 2.13. The standard InChI is InChI=1S/C25H27N3O3/c1-27-22-13-10-20(14-23(22)28(2)25(27)30)24(29)17-31-21-11-8-19(9-12-21)16-26-15-18-6-4-3-5-7-18/h3-14,24,26,29H,15-17H2,1-2H3. The van der Waals surface area contributed by atoms with Crippen LogP contribution in [0, 0.1) is 0 Å². The highest BCUT2D eigenvalue weighted by Crippen LogP contribution is 2.21. The summed E-state index contributed by atoms with van der Waals surface area (Å²) < 4.78 is 8.95. The van der Waals surface area contributed by atoms with E-state index < -0.39 is 6.10 Å². The van der Waals surface area contributed by atoms with Crippen molar-refractivity contribution in [3.8, 4) is 5.75 Å². The van der Waals surface area contributed by atoms with Gasteiger partial charge in [-0.05, 0) is 41.0 Å². The summed E-state index contributed by atoms with van der Waals surface area (Å²) in [6, 6.07) is 23.7. The van der Waals surface area contributed by atoms with Gasteiger partial charge in [-0.2, -0.15) is 0 Å². The highest BCUT2D eigenvalue weighted by molar-refractivity contribution is 5.77. The third kappa shape index (κ3) is 4.71. The van der Waals surface area contributed by atoms with Crippen LogP contribution >= 0.6 is 0 Å². The van der Waals surface area contributed by atoms with Gasteiger partial charge in [0.1, 0.15) is 18.5 Å². The molecule has 2 N–H and O–H groups in total. The third-order valence-corrected chi connectivity index (χ3v) is 5.51. The molecule has 4 rings (SSSR count). The SMILES string of the molecule is Cn1c(=O)n(C)c2cc(C(O)COc3ccc(CNCc4ccccc4)cc3)ccc21. The van der Waals surface area contributed by atoms with Crippen LogP contribution < -0.4 is 15.7 Å². The van der Waals surface area contributed by atoms with Crippen LogP contribution in [0.25, 0.3) is 11.0 Å².